The van der Waals surface area contributed by atoms with Crippen LogP contribution in [0.3, 0.4) is 0 Å². The first-order valence-electron chi connectivity index (χ1n) is 5.70. The zero-order chi connectivity index (χ0) is 14.5. The number of anilines is 2. The maximum atomic E-state index is 11.6. The van der Waals surface area contributed by atoms with Gasteiger partial charge < -0.3 is 10.6 Å². The highest BCUT2D eigenvalue weighted by Crippen LogP contribution is 2.15. The number of nitrogens with two attached hydrogens (primary N) is 1. The Morgan fingerprint density at radius 2 is 1.95 bits per heavy atom. The van der Waals surface area contributed by atoms with Crippen LogP contribution < -0.4 is 20.5 Å². The van der Waals surface area contributed by atoms with E-state index < -0.39 is 10.2 Å². The van der Waals surface area contributed by atoms with Crippen LogP contribution in [0.5, 0.6) is 0 Å². The third-order valence-electron chi connectivity index (χ3n) is 2.08. The fourth-order valence-electron chi connectivity index (χ4n) is 1.33. The quantitative estimate of drug-likeness (QED) is 0.600. The molecule has 7 nitrogen and oxygen atoms in total. The van der Waals surface area contributed by atoms with Crippen molar-refractivity contribution in [1.29, 1.82) is 0 Å². The minimum absolute atomic E-state index is 0.185. The highest BCUT2D eigenvalue weighted by molar-refractivity contribution is 7.90. The van der Waals surface area contributed by atoms with Crippen molar-refractivity contribution in [3.8, 4) is 0 Å². The zero-order valence-corrected chi connectivity index (χ0v) is 11.6. The summed E-state index contributed by atoms with van der Waals surface area (Å²) in [6.07, 6.45) is 0. The molecular weight excluding hydrogens is 268 g/mol. The first-order valence-corrected chi connectivity index (χ1v) is 7.25. The number of carbonyl (C=O) groups excluding carboxylic acids is 1. The van der Waals surface area contributed by atoms with E-state index in [1.165, 1.54) is 12.1 Å². The van der Waals surface area contributed by atoms with Crippen LogP contribution in [-0.4, -0.2) is 26.9 Å². The topological polar surface area (TPSA) is 113 Å². The Balaban J connectivity index is 2.64. The van der Waals surface area contributed by atoms with Crippen molar-refractivity contribution in [2.24, 2.45) is 5.14 Å². The van der Waals surface area contributed by atoms with Crippen LogP contribution in [-0.2, 0) is 15.0 Å². The molecule has 0 radical (unpaired) electrons. The molecule has 0 fully saturated rings. The van der Waals surface area contributed by atoms with Crippen molar-refractivity contribution in [2.45, 2.75) is 19.9 Å². The molecular formula is C11H18N4O3S. The third-order valence-corrected chi connectivity index (χ3v) is 2.60. The van der Waals surface area contributed by atoms with Gasteiger partial charge in [-0.2, -0.15) is 8.42 Å². The molecule has 1 amide bonds. The van der Waals surface area contributed by atoms with Crippen LogP contribution in [0.1, 0.15) is 13.8 Å². The number of hydrogen-bond acceptors (Lipinski definition) is 4. The lowest BCUT2D eigenvalue weighted by Crippen LogP contribution is -2.32. The fraction of sp³-hybridized carbons (Fsp3) is 0.364. The maximum Gasteiger partial charge on any atom is 0.296 e. The van der Waals surface area contributed by atoms with Crippen LogP contribution in [0.4, 0.5) is 11.4 Å². The summed E-state index contributed by atoms with van der Waals surface area (Å²) in [5.74, 6) is -0.207. The molecule has 0 aliphatic carbocycles. The highest BCUT2D eigenvalue weighted by Gasteiger charge is 2.06. The van der Waals surface area contributed by atoms with Crippen molar-refractivity contribution >= 4 is 27.5 Å². The van der Waals surface area contributed by atoms with Gasteiger partial charge in [-0.15, -0.1) is 0 Å². The number of hydrogen-bond donors (Lipinski definition) is 4. The lowest BCUT2D eigenvalue weighted by atomic mass is 10.3. The van der Waals surface area contributed by atoms with Crippen molar-refractivity contribution in [2.75, 3.05) is 16.6 Å². The standard InChI is InChI=1S/C11H18N4O3S/c1-8(2)13-7-11(16)14-9-4-3-5-10(6-9)15-19(12,17)18/h3-6,8,13,15H,7H2,1-2H3,(H,14,16)(H2,12,17,18). The average molecular weight is 286 g/mol. The van der Waals surface area contributed by atoms with Crippen LogP contribution >= 0.6 is 0 Å². The summed E-state index contributed by atoms with van der Waals surface area (Å²) in [6.45, 7) is 4.05. The normalized spacial score (nSPS) is 11.4. The number of carbonyl (C=O) groups is 1. The Morgan fingerprint density at radius 3 is 2.53 bits per heavy atom. The Kier molecular flexibility index (Phi) is 5.28. The molecule has 0 atom stereocenters. The molecule has 0 saturated carbocycles. The predicted octanol–water partition coefficient (Wildman–Crippen LogP) is 0.239. The lowest BCUT2D eigenvalue weighted by Gasteiger charge is -2.10. The Bertz CT molecular complexity index is 543. The second-order valence-electron chi connectivity index (χ2n) is 4.31. The summed E-state index contributed by atoms with van der Waals surface area (Å²) in [6, 6.07) is 6.49. The molecule has 1 aromatic carbocycles. The molecule has 5 N–H and O–H groups in total. The van der Waals surface area contributed by atoms with Gasteiger partial charge >= 0.3 is 0 Å². The number of nitrogens with one attached hydrogen (secondary N) is 3. The van der Waals surface area contributed by atoms with Gasteiger partial charge in [0.15, 0.2) is 0 Å². The van der Waals surface area contributed by atoms with Gasteiger partial charge in [-0.25, -0.2) is 5.14 Å². The van der Waals surface area contributed by atoms with Crippen LogP contribution in [0.25, 0.3) is 0 Å². The first kappa shape index (κ1) is 15.4. The SMILES string of the molecule is CC(C)NCC(=O)Nc1cccc(NS(N)(=O)=O)c1. The van der Waals surface area contributed by atoms with Crippen molar-refractivity contribution in [1.82, 2.24) is 5.32 Å². The van der Waals surface area contributed by atoms with Gasteiger partial charge in [-0.1, -0.05) is 19.9 Å². The molecule has 0 aromatic heterocycles. The number of benzene rings is 1. The lowest BCUT2D eigenvalue weighted by molar-refractivity contribution is -0.115. The van der Waals surface area contributed by atoms with E-state index in [2.05, 4.69) is 15.4 Å². The van der Waals surface area contributed by atoms with Gasteiger partial charge in [0, 0.05) is 11.7 Å². The van der Waals surface area contributed by atoms with Gasteiger partial charge in [-0.3, -0.25) is 9.52 Å². The molecule has 0 aliphatic rings. The largest absolute Gasteiger partial charge is 0.325 e. The molecule has 1 rings (SSSR count). The van der Waals surface area contributed by atoms with Gasteiger partial charge in [-0.05, 0) is 18.2 Å². The van der Waals surface area contributed by atoms with E-state index in [0.29, 0.717) is 5.69 Å². The summed E-state index contributed by atoms with van der Waals surface area (Å²) in [4.78, 5) is 11.6. The van der Waals surface area contributed by atoms with Gasteiger partial charge in [0.1, 0.15) is 0 Å². The fourth-order valence-corrected chi connectivity index (χ4v) is 1.78. The molecule has 0 aliphatic heterocycles. The summed E-state index contributed by atoms with van der Waals surface area (Å²) >= 11 is 0. The maximum absolute atomic E-state index is 11.6. The Labute approximate surface area is 112 Å². The van der Waals surface area contributed by atoms with E-state index in [1.54, 1.807) is 12.1 Å². The molecule has 106 valence electrons. The molecule has 0 unspecified atom stereocenters. The van der Waals surface area contributed by atoms with Gasteiger partial charge in [0.25, 0.3) is 10.2 Å². The minimum atomic E-state index is -3.82. The molecule has 0 bridgehead atoms. The zero-order valence-electron chi connectivity index (χ0n) is 10.8. The number of amides is 1. The van der Waals surface area contributed by atoms with E-state index in [4.69, 9.17) is 5.14 Å². The van der Waals surface area contributed by atoms with Crippen molar-refractivity contribution < 1.29 is 13.2 Å². The highest BCUT2D eigenvalue weighted by atomic mass is 32.2. The number of rotatable bonds is 6. The van der Waals surface area contributed by atoms with Crippen molar-refractivity contribution in [3.05, 3.63) is 24.3 Å². The molecule has 8 heteroatoms. The monoisotopic (exact) mass is 286 g/mol. The summed E-state index contributed by atoms with van der Waals surface area (Å²) in [5.41, 5.74) is 0.779. The molecule has 0 spiro atoms. The third kappa shape index (κ3) is 6.75. The summed E-state index contributed by atoms with van der Waals surface area (Å²) in [5, 5.41) is 10.5. The van der Waals surface area contributed by atoms with E-state index in [-0.39, 0.29) is 24.2 Å². The predicted molar refractivity (Wildman–Crippen MR) is 74.9 cm³/mol. The molecule has 0 heterocycles. The molecule has 0 saturated heterocycles. The summed E-state index contributed by atoms with van der Waals surface area (Å²) < 4.78 is 23.9. The second kappa shape index (κ2) is 6.50. The van der Waals surface area contributed by atoms with E-state index >= 15 is 0 Å². The van der Waals surface area contributed by atoms with Crippen LogP contribution in [0.2, 0.25) is 0 Å². The average Bonchev–Trinajstić information content (AvgIpc) is 2.24. The van der Waals surface area contributed by atoms with Crippen LogP contribution in [0, 0.1) is 0 Å². The second-order valence-corrected chi connectivity index (χ2v) is 5.61. The first-order chi connectivity index (χ1) is 8.76. The minimum Gasteiger partial charge on any atom is -0.325 e. The van der Waals surface area contributed by atoms with Gasteiger partial charge in [0.2, 0.25) is 5.91 Å². The van der Waals surface area contributed by atoms with Crippen LogP contribution in [0.15, 0.2) is 24.3 Å². The molecule has 1 aromatic rings. The van der Waals surface area contributed by atoms with Gasteiger partial charge in [0.05, 0.1) is 12.2 Å². The molecule has 19 heavy (non-hydrogen) atoms. The van der Waals surface area contributed by atoms with E-state index in [9.17, 15) is 13.2 Å². The Morgan fingerprint density at radius 1 is 1.32 bits per heavy atom. The smallest absolute Gasteiger partial charge is 0.296 e. The van der Waals surface area contributed by atoms with Crippen molar-refractivity contribution in [3.63, 3.8) is 0 Å². The summed E-state index contributed by atoms with van der Waals surface area (Å²) in [7, 11) is -3.82. The van der Waals surface area contributed by atoms with E-state index in [0.717, 1.165) is 0 Å². The van der Waals surface area contributed by atoms with E-state index in [1.807, 2.05) is 13.8 Å². The Hall–Kier alpha value is -1.64.